The summed E-state index contributed by atoms with van der Waals surface area (Å²) < 4.78 is 5.71. The fraction of sp³-hybridized carbons (Fsp3) is 0.464. The third-order valence-corrected chi connectivity index (χ3v) is 8.10. The lowest BCUT2D eigenvalue weighted by molar-refractivity contribution is -0.157. The van der Waals surface area contributed by atoms with Crippen LogP contribution in [0.3, 0.4) is 0 Å². The molecule has 2 aliphatic carbocycles. The molecular formula is C28H32N2O5. The fourth-order valence-corrected chi connectivity index (χ4v) is 6.13. The summed E-state index contributed by atoms with van der Waals surface area (Å²) in [5.74, 6) is -1.60. The molecule has 2 amide bonds. The first-order chi connectivity index (χ1) is 16.9. The van der Waals surface area contributed by atoms with Crippen LogP contribution in [0.1, 0.15) is 62.5 Å². The minimum absolute atomic E-state index is 0.0298. The van der Waals surface area contributed by atoms with E-state index in [4.69, 9.17) is 4.74 Å². The van der Waals surface area contributed by atoms with Crippen molar-refractivity contribution in [2.75, 3.05) is 13.2 Å². The highest BCUT2D eigenvalue weighted by Gasteiger charge is 2.48. The van der Waals surface area contributed by atoms with Gasteiger partial charge in [-0.2, -0.15) is 0 Å². The summed E-state index contributed by atoms with van der Waals surface area (Å²) in [4.78, 5) is 39.7. The number of hydrogen-bond donors (Lipinski definition) is 2. The molecule has 1 saturated heterocycles. The largest absolute Gasteiger partial charge is 0.480 e. The van der Waals surface area contributed by atoms with Crippen molar-refractivity contribution in [1.29, 1.82) is 0 Å². The van der Waals surface area contributed by atoms with Gasteiger partial charge in [0.2, 0.25) is 5.91 Å². The van der Waals surface area contributed by atoms with Gasteiger partial charge in [0.25, 0.3) is 0 Å². The van der Waals surface area contributed by atoms with E-state index < -0.39 is 23.5 Å². The fourth-order valence-electron chi connectivity index (χ4n) is 6.13. The summed E-state index contributed by atoms with van der Waals surface area (Å²) in [5, 5.41) is 12.7. The predicted octanol–water partition coefficient (Wildman–Crippen LogP) is 4.55. The highest BCUT2D eigenvalue weighted by atomic mass is 16.5. The van der Waals surface area contributed by atoms with Crippen molar-refractivity contribution in [2.45, 2.75) is 62.9 Å². The molecule has 2 fully saturated rings. The minimum Gasteiger partial charge on any atom is -0.480 e. The number of alkyl carbamates (subject to hydrolysis) is 1. The Hall–Kier alpha value is -3.35. The standard InChI is InChI=1S/C28H32N2O5/c1-28(26(32)33)15-8-16-30(28)25(31)22-13-6-7-14-24(22)29-27(34)35-17-23-20-11-4-2-9-18(20)19-10-3-5-12-21(19)23/h2-5,9-12,22-24H,6-8,13-17H2,1H3,(H,29,34)(H,32,33)/t22?,24?,28-/m1/s1. The quantitative estimate of drug-likeness (QED) is 0.660. The Morgan fingerprint density at radius 2 is 1.63 bits per heavy atom. The number of carboxylic acid groups (broad SMARTS) is 1. The van der Waals surface area contributed by atoms with Crippen LogP contribution in [0.4, 0.5) is 4.79 Å². The lowest BCUT2D eigenvalue weighted by atomic mass is 9.82. The second kappa shape index (κ2) is 9.36. The SMILES string of the molecule is C[C@]1(C(=O)O)CCCN1C(=O)C1CCCCC1NC(=O)OCC1c2ccccc2-c2ccccc21. The van der Waals surface area contributed by atoms with E-state index in [1.54, 1.807) is 6.92 Å². The normalized spacial score (nSPS) is 25.6. The number of carbonyl (C=O) groups excluding carboxylic acids is 2. The zero-order valence-corrected chi connectivity index (χ0v) is 20.0. The van der Waals surface area contributed by atoms with E-state index in [0.717, 1.165) is 24.0 Å². The minimum atomic E-state index is -1.18. The van der Waals surface area contributed by atoms with Gasteiger partial charge < -0.3 is 20.1 Å². The number of nitrogens with zero attached hydrogens (tertiary/aromatic N) is 1. The van der Waals surface area contributed by atoms with E-state index in [-0.39, 0.29) is 24.5 Å². The third-order valence-electron chi connectivity index (χ3n) is 8.10. The number of carbonyl (C=O) groups is 3. The van der Waals surface area contributed by atoms with Crippen LogP contribution in [0.15, 0.2) is 48.5 Å². The lowest BCUT2D eigenvalue weighted by Gasteiger charge is -2.38. The highest BCUT2D eigenvalue weighted by Crippen LogP contribution is 2.44. The number of amides is 2. The first-order valence-electron chi connectivity index (χ1n) is 12.6. The second-order valence-corrected chi connectivity index (χ2v) is 10.1. The Labute approximate surface area is 205 Å². The van der Waals surface area contributed by atoms with Crippen LogP contribution in [-0.4, -0.2) is 52.7 Å². The summed E-state index contributed by atoms with van der Waals surface area (Å²) in [6.07, 6.45) is 3.71. The van der Waals surface area contributed by atoms with Crippen LogP contribution < -0.4 is 5.32 Å². The number of ether oxygens (including phenoxy) is 1. The summed E-state index contributed by atoms with van der Waals surface area (Å²) >= 11 is 0. The van der Waals surface area contributed by atoms with Crippen LogP contribution in [0.25, 0.3) is 11.1 Å². The summed E-state index contributed by atoms with van der Waals surface area (Å²) in [7, 11) is 0. The van der Waals surface area contributed by atoms with Gasteiger partial charge in [0, 0.05) is 18.5 Å². The van der Waals surface area contributed by atoms with E-state index in [2.05, 4.69) is 29.6 Å². The van der Waals surface area contributed by atoms with Gasteiger partial charge in [-0.05, 0) is 54.9 Å². The Morgan fingerprint density at radius 1 is 1.00 bits per heavy atom. The van der Waals surface area contributed by atoms with Gasteiger partial charge in [0.1, 0.15) is 12.1 Å². The van der Waals surface area contributed by atoms with Crippen LogP contribution >= 0.6 is 0 Å². The molecule has 35 heavy (non-hydrogen) atoms. The monoisotopic (exact) mass is 476 g/mol. The zero-order chi connectivity index (χ0) is 24.6. The molecule has 2 unspecified atom stereocenters. The van der Waals surface area contributed by atoms with E-state index in [9.17, 15) is 19.5 Å². The molecule has 0 bridgehead atoms. The molecule has 2 N–H and O–H groups in total. The Bertz CT molecular complexity index is 1100. The molecule has 7 nitrogen and oxygen atoms in total. The molecule has 5 rings (SSSR count). The smallest absolute Gasteiger partial charge is 0.407 e. The van der Waals surface area contributed by atoms with Gasteiger partial charge in [-0.3, -0.25) is 4.79 Å². The molecule has 7 heteroatoms. The van der Waals surface area contributed by atoms with Crippen molar-refractivity contribution in [3.8, 4) is 11.1 Å². The maximum absolute atomic E-state index is 13.4. The average Bonchev–Trinajstić information content (AvgIpc) is 3.42. The second-order valence-electron chi connectivity index (χ2n) is 10.1. The number of fused-ring (bicyclic) bond motifs is 3. The first-order valence-corrected chi connectivity index (χ1v) is 12.6. The molecular weight excluding hydrogens is 444 g/mol. The lowest BCUT2D eigenvalue weighted by Crippen LogP contribution is -2.56. The highest BCUT2D eigenvalue weighted by molar-refractivity contribution is 5.89. The summed E-state index contributed by atoms with van der Waals surface area (Å²) in [6.45, 7) is 2.28. The zero-order valence-electron chi connectivity index (χ0n) is 20.0. The van der Waals surface area contributed by atoms with Gasteiger partial charge in [-0.15, -0.1) is 0 Å². The number of rotatable bonds is 5. The van der Waals surface area contributed by atoms with Gasteiger partial charge in [0.05, 0.1) is 5.92 Å². The van der Waals surface area contributed by atoms with Crippen molar-refractivity contribution in [3.05, 3.63) is 59.7 Å². The van der Waals surface area contributed by atoms with E-state index in [1.807, 2.05) is 24.3 Å². The number of hydrogen-bond acceptors (Lipinski definition) is 4. The number of benzene rings is 2. The third kappa shape index (κ3) is 4.17. The molecule has 0 aromatic heterocycles. The average molecular weight is 477 g/mol. The molecule has 1 aliphatic heterocycles. The number of aliphatic carboxylic acids is 1. The predicted molar refractivity (Wildman–Crippen MR) is 131 cm³/mol. The molecule has 1 heterocycles. The van der Waals surface area contributed by atoms with E-state index >= 15 is 0 Å². The van der Waals surface area contributed by atoms with Crippen molar-refractivity contribution in [2.24, 2.45) is 5.92 Å². The van der Waals surface area contributed by atoms with Crippen LogP contribution in [-0.2, 0) is 14.3 Å². The first kappa shape index (κ1) is 23.4. The van der Waals surface area contributed by atoms with Crippen molar-refractivity contribution in [3.63, 3.8) is 0 Å². The number of carboxylic acids is 1. The van der Waals surface area contributed by atoms with Crippen molar-refractivity contribution < 1.29 is 24.2 Å². The van der Waals surface area contributed by atoms with E-state index in [1.165, 1.54) is 16.0 Å². The summed E-state index contributed by atoms with van der Waals surface area (Å²) in [5.41, 5.74) is 3.45. The Kier molecular flexibility index (Phi) is 6.26. The van der Waals surface area contributed by atoms with Crippen LogP contribution in [0.5, 0.6) is 0 Å². The molecule has 0 radical (unpaired) electrons. The number of likely N-dealkylation sites (tertiary alicyclic amines) is 1. The van der Waals surface area contributed by atoms with Gasteiger partial charge in [-0.1, -0.05) is 61.4 Å². The molecule has 3 atom stereocenters. The molecule has 2 aromatic carbocycles. The molecule has 3 aliphatic rings. The molecule has 0 spiro atoms. The van der Waals surface area contributed by atoms with Gasteiger partial charge >= 0.3 is 12.1 Å². The number of nitrogens with one attached hydrogen (secondary N) is 1. The maximum Gasteiger partial charge on any atom is 0.407 e. The van der Waals surface area contributed by atoms with Crippen LogP contribution in [0, 0.1) is 5.92 Å². The van der Waals surface area contributed by atoms with Crippen LogP contribution in [0.2, 0.25) is 0 Å². The van der Waals surface area contributed by atoms with Crippen molar-refractivity contribution in [1.82, 2.24) is 10.2 Å². The van der Waals surface area contributed by atoms with Gasteiger partial charge in [-0.25, -0.2) is 9.59 Å². The molecule has 1 saturated carbocycles. The molecule has 184 valence electrons. The molecule has 2 aromatic rings. The van der Waals surface area contributed by atoms with E-state index in [0.29, 0.717) is 32.2 Å². The topological polar surface area (TPSA) is 95.9 Å². The van der Waals surface area contributed by atoms with Gasteiger partial charge in [0.15, 0.2) is 0 Å². The maximum atomic E-state index is 13.4. The Balaban J connectivity index is 1.26. The Morgan fingerprint density at radius 3 is 2.29 bits per heavy atom. The van der Waals surface area contributed by atoms with Crippen molar-refractivity contribution >= 4 is 18.0 Å². The summed E-state index contributed by atoms with van der Waals surface area (Å²) in [6, 6.07) is 16.0.